The lowest BCUT2D eigenvalue weighted by Gasteiger charge is -2.10. The Balaban J connectivity index is 2.73. The Morgan fingerprint density at radius 2 is 2.05 bits per heavy atom. The van der Waals surface area contributed by atoms with Crippen LogP contribution in [0, 0.1) is 0 Å². The molecule has 0 aromatic heterocycles. The molecule has 1 aromatic carbocycles. The molecule has 1 aromatic rings. The van der Waals surface area contributed by atoms with Crippen molar-refractivity contribution in [3.63, 3.8) is 0 Å². The van der Waals surface area contributed by atoms with E-state index in [-0.39, 0.29) is 4.90 Å². The average Bonchev–Trinajstić information content (AvgIpc) is 2.41. The zero-order chi connectivity index (χ0) is 15.0. The lowest BCUT2D eigenvalue weighted by molar-refractivity contribution is 0.193. The summed E-state index contributed by atoms with van der Waals surface area (Å²) in [5, 5.41) is 3.00. The molecule has 7 heteroatoms. The Morgan fingerprint density at radius 1 is 1.30 bits per heavy atom. The highest BCUT2D eigenvalue weighted by Gasteiger charge is 2.17. The molecule has 2 N–H and O–H groups in total. The summed E-state index contributed by atoms with van der Waals surface area (Å²) in [6.45, 7) is 1.68. The predicted molar refractivity (Wildman–Crippen MR) is 83.2 cm³/mol. The number of ether oxygens (including phenoxy) is 1. The maximum Gasteiger partial charge on any atom is 0.241 e. The fourth-order valence-electron chi connectivity index (χ4n) is 1.72. The third-order valence-corrected chi connectivity index (χ3v) is 5.19. The molecule has 0 aliphatic rings. The van der Waals surface area contributed by atoms with Gasteiger partial charge in [0.05, 0.1) is 4.90 Å². The zero-order valence-corrected chi connectivity index (χ0v) is 14.2. The van der Waals surface area contributed by atoms with Gasteiger partial charge in [-0.1, -0.05) is 6.07 Å². The number of hydrogen-bond donors (Lipinski definition) is 2. The fourth-order valence-corrected chi connectivity index (χ4v) is 3.81. The van der Waals surface area contributed by atoms with E-state index in [0.29, 0.717) is 24.2 Å². The first-order valence-corrected chi connectivity index (χ1v) is 8.70. The summed E-state index contributed by atoms with van der Waals surface area (Å²) in [4.78, 5) is 0.275. The number of sulfonamides is 1. The third-order valence-electron chi connectivity index (χ3n) is 2.73. The molecular weight excluding hydrogens is 344 g/mol. The second kappa shape index (κ2) is 8.74. The molecule has 0 spiro atoms. The van der Waals surface area contributed by atoms with Crippen LogP contribution in [0.25, 0.3) is 0 Å². The summed E-state index contributed by atoms with van der Waals surface area (Å²) in [7, 11) is -0.0273. The molecule has 114 valence electrons. The third kappa shape index (κ3) is 5.49. The molecule has 0 bridgehead atoms. The summed E-state index contributed by atoms with van der Waals surface area (Å²) >= 11 is 3.29. The smallest absolute Gasteiger partial charge is 0.241 e. The molecule has 0 amide bonds. The van der Waals surface area contributed by atoms with Gasteiger partial charge in [-0.25, -0.2) is 13.1 Å². The van der Waals surface area contributed by atoms with E-state index < -0.39 is 10.0 Å². The monoisotopic (exact) mass is 364 g/mol. The van der Waals surface area contributed by atoms with Crippen LogP contribution < -0.4 is 10.0 Å². The summed E-state index contributed by atoms with van der Waals surface area (Å²) in [6.07, 6.45) is 1.58. The predicted octanol–water partition coefficient (Wildman–Crippen LogP) is 1.87. The largest absolute Gasteiger partial charge is 0.385 e. The summed E-state index contributed by atoms with van der Waals surface area (Å²) < 4.78 is 32.6. The highest BCUT2D eigenvalue weighted by atomic mass is 79.9. The van der Waals surface area contributed by atoms with E-state index in [1.165, 1.54) is 0 Å². The second-order valence-electron chi connectivity index (χ2n) is 4.39. The maximum atomic E-state index is 12.2. The molecule has 5 nitrogen and oxygen atoms in total. The zero-order valence-electron chi connectivity index (χ0n) is 11.8. The van der Waals surface area contributed by atoms with Crippen molar-refractivity contribution in [1.82, 2.24) is 10.0 Å². The number of rotatable bonds is 9. The summed E-state index contributed by atoms with van der Waals surface area (Å²) in [6, 6.07) is 5.32. The Hall–Kier alpha value is -0.470. The van der Waals surface area contributed by atoms with Crippen LogP contribution in [0.1, 0.15) is 18.4 Å². The molecule has 1 rings (SSSR count). The van der Waals surface area contributed by atoms with E-state index >= 15 is 0 Å². The van der Waals surface area contributed by atoms with Crippen molar-refractivity contribution in [2.24, 2.45) is 0 Å². The quantitative estimate of drug-likeness (QED) is 0.656. The number of hydrogen-bond acceptors (Lipinski definition) is 4. The van der Waals surface area contributed by atoms with Crippen LogP contribution in [0.15, 0.2) is 27.6 Å². The standard InChI is InChI=1S/C13H21BrN2O3S/c1-15-10-11-5-6-12(14)13(9-11)20(17,18)16-7-3-4-8-19-2/h5-6,9,15-16H,3-4,7-8,10H2,1-2H3. The van der Waals surface area contributed by atoms with E-state index in [2.05, 4.69) is 26.0 Å². The molecule has 0 aliphatic carbocycles. The van der Waals surface area contributed by atoms with Crippen molar-refractivity contribution in [2.45, 2.75) is 24.3 Å². The average molecular weight is 365 g/mol. The van der Waals surface area contributed by atoms with Gasteiger partial charge in [0, 0.05) is 31.3 Å². The topological polar surface area (TPSA) is 67.4 Å². The first kappa shape index (κ1) is 17.6. The van der Waals surface area contributed by atoms with Crippen LogP contribution in [0.2, 0.25) is 0 Å². The van der Waals surface area contributed by atoms with E-state index in [9.17, 15) is 8.42 Å². The molecule has 0 atom stereocenters. The van der Waals surface area contributed by atoms with Crippen molar-refractivity contribution in [1.29, 1.82) is 0 Å². The van der Waals surface area contributed by atoms with Crippen LogP contribution in [0.4, 0.5) is 0 Å². The van der Waals surface area contributed by atoms with Gasteiger partial charge in [-0.3, -0.25) is 0 Å². The van der Waals surface area contributed by atoms with Gasteiger partial charge in [0.1, 0.15) is 0 Å². The Morgan fingerprint density at radius 3 is 2.70 bits per heavy atom. The van der Waals surface area contributed by atoms with Gasteiger partial charge in [0.15, 0.2) is 0 Å². The maximum absolute atomic E-state index is 12.2. The van der Waals surface area contributed by atoms with Gasteiger partial charge in [0.25, 0.3) is 0 Å². The molecule has 0 saturated carbocycles. The molecule has 0 radical (unpaired) electrons. The lowest BCUT2D eigenvalue weighted by Crippen LogP contribution is -2.25. The van der Waals surface area contributed by atoms with Gasteiger partial charge in [-0.2, -0.15) is 0 Å². The number of halogens is 1. The van der Waals surface area contributed by atoms with Crippen LogP contribution in [-0.4, -0.2) is 35.7 Å². The lowest BCUT2D eigenvalue weighted by atomic mass is 10.2. The van der Waals surface area contributed by atoms with Crippen molar-refractivity contribution in [3.8, 4) is 0 Å². The SMILES string of the molecule is CNCc1ccc(Br)c(S(=O)(=O)NCCCCOC)c1. The van der Waals surface area contributed by atoms with Crippen LogP contribution in [-0.2, 0) is 21.3 Å². The van der Waals surface area contributed by atoms with Crippen LogP contribution in [0.5, 0.6) is 0 Å². The van der Waals surface area contributed by atoms with Gasteiger partial charge < -0.3 is 10.1 Å². The molecule has 0 aliphatic heterocycles. The van der Waals surface area contributed by atoms with Gasteiger partial charge >= 0.3 is 0 Å². The first-order chi connectivity index (χ1) is 9.51. The molecule has 0 heterocycles. The number of benzene rings is 1. The fraction of sp³-hybridized carbons (Fsp3) is 0.538. The van der Waals surface area contributed by atoms with Crippen LogP contribution >= 0.6 is 15.9 Å². The van der Waals surface area contributed by atoms with E-state index in [4.69, 9.17) is 4.74 Å². The second-order valence-corrected chi connectivity index (χ2v) is 6.98. The van der Waals surface area contributed by atoms with Crippen molar-refractivity contribution in [2.75, 3.05) is 27.3 Å². The summed E-state index contributed by atoms with van der Waals surface area (Å²) in [5.74, 6) is 0. The minimum absolute atomic E-state index is 0.275. The molecule has 0 fully saturated rings. The van der Waals surface area contributed by atoms with Crippen molar-refractivity contribution in [3.05, 3.63) is 28.2 Å². The minimum atomic E-state index is -3.48. The normalized spacial score (nSPS) is 11.8. The Bertz CT molecular complexity index is 520. The van der Waals surface area contributed by atoms with E-state index in [0.717, 1.165) is 18.4 Å². The number of nitrogens with one attached hydrogen (secondary N) is 2. The number of methoxy groups -OCH3 is 1. The van der Waals surface area contributed by atoms with Crippen molar-refractivity contribution >= 4 is 26.0 Å². The van der Waals surface area contributed by atoms with Gasteiger partial charge in [-0.05, 0) is 53.5 Å². The summed E-state index contributed by atoms with van der Waals surface area (Å²) in [5.41, 5.74) is 0.926. The molecule has 0 unspecified atom stereocenters. The van der Waals surface area contributed by atoms with E-state index in [1.54, 1.807) is 19.2 Å². The first-order valence-electron chi connectivity index (χ1n) is 6.43. The Kier molecular flexibility index (Phi) is 7.68. The van der Waals surface area contributed by atoms with Gasteiger partial charge in [-0.15, -0.1) is 0 Å². The molecule has 0 saturated heterocycles. The minimum Gasteiger partial charge on any atom is -0.385 e. The van der Waals surface area contributed by atoms with Gasteiger partial charge in [0.2, 0.25) is 10.0 Å². The Labute approximate surface area is 129 Å². The van der Waals surface area contributed by atoms with Crippen molar-refractivity contribution < 1.29 is 13.2 Å². The van der Waals surface area contributed by atoms with Crippen LogP contribution in [0.3, 0.4) is 0 Å². The molecular formula is C13H21BrN2O3S. The number of unbranched alkanes of at least 4 members (excludes halogenated alkanes) is 1. The highest BCUT2D eigenvalue weighted by Crippen LogP contribution is 2.23. The van der Waals surface area contributed by atoms with E-state index in [1.807, 2.05) is 13.1 Å². The highest BCUT2D eigenvalue weighted by molar-refractivity contribution is 9.10. The molecule has 20 heavy (non-hydrogen) atoms.